The van der Waals surface area contributed by atoms with Crippen molar-refractivity contribution in [1.82, 2.24) is 0 Å². The molecule has 0 N–H and O–H groups in total. The molecule has 0 unspecified atom stereocenters. The maximum atomic E-state index is 5.76. The lowest BCUT2D eigenvalue weighted by Crippen LogP contribution is -2.08. The number of epoxide rings is 1. The van der Waals surface area contributed by atoms with Gasteiger partial charge in [0.25, 0.3) is 0 Å². The van der Waals surface area contributed by atoms with Gasteiger partial charge in [-0.25, -0.2) is 0 Å². The second-order valence-corrected chi connectivity index (χ2v) is 5.03. The molecular weight excluding hydrogens is 196 g/mol. The molecule has 92 valence electrons. The maximum Gasteiger partial charge on any atom is 0.0867 e. The first-order valence-electron chi connectivity index (χ1n) is 6.64. The Labute approximate surface area is 101 Å². The smallest absolute Gasteiger partial charge is 0.0867 e. The van der Waals surface area contributed by atoms with Crippen molar-refractivity contribution < 1.29 is 4.74 Å². The summed E-state index contributed by atoms with van der Waals surface area (Å²) in [6, 6.07) is 0. The van der Waals surface area contributed by atoms with E-state index in [2.05, 4.69) is 45.1 Å². The average molecular weight is 222 g/mol. The first-order valence-corrected chi connectivity index (χ1v) is 6.64. The van der Waals surface area contributed by atoms with Gasteiger partial charge in [-0.15, -0.1) is 0 Å². The van der Waals surface area contributed by atoms with Gasteiger partial charge in [-0.3, -0.25) is 0 Å². The van der Waals surface area contributed by atoms with E-state index < -0.39 is 0 Å². The number of allylic oxidation sites excluding steroid dienone is 4. The minimum Gasteiger partial charge on any atom is -0.369 e. The largest absolute Gasteiger partial charge is 0.369 e. The summed E-state index contributed by atoms with van der Waals surface area (Å²) < 4.78 is 5.76. The van der Waals surface area contributed by atoms with Crippen LogP contribution < -0.4 is 0 Å². The summed E-state index contributed by atoms with van der Waals surface area (Å²) >= 11 is 0. The van der Waals surface area contributed by atoms with Crippen molar-refractivity contribution in [3.8, 4) is 0 Å². The normalized spacial score (nSPS) is 28.8. The lowest BCUT2D eigenvalue weighted by atomic mass is 9.95. The lowest BCUT2D eigenvalue weighted by molar-refractivity contribution is 0.309. The van der Waals surface area contributed by atoms with Crippen LogP contribution in [0.1, 0.15) is 47.0 Å². The Bertz CT molecular complexity index is 242. The fourth-order valence-corrected chi connectivity index (χ4v) is 2.28. The van der Waals surface area contributed by atoms with Crippen LogP contribution in [-0.2, 0) is 4.74 Å². The summed E-state index contributed by atoms with van der Waals surface area (Å²) in [6.07, 6.45) is 13.3. The molecule has 0 bridgehead atoms. The van der Waals surface area contributed by atoms with Gasteiger partial charge in [-0.2, -0.15) is 0 Å². The molecule has 0 aromatic rings. The molecular formula is C15H26O. The second-order valence-electron chi connectivity index (χ2n) is 5.03. The molecule has 1 heteroatoms. The van der Waals surface area contributed by atoms with Crippen molar-refractivity contribution in [2.75, 3.05) is 0 Å². The van der Waals surface area contributed by atoms with Gasteiger partial charge >= 0.3 is 0 Å². The molecule has 1 heterocycles. The van der Waals surface area contributed by atoms with Crippen LogP contribution >= 0.6 is 0 Å². The maximum absolute atomic E-state index is 5.76. The van der Waals surface area contributed by atoms with E-state index in [4.69, 9.17) is 4.74 Å². The van der Waals surface area contributed by atoms with Gasteiger partial charge in [0.05, 0.1) is 12.2 Å². The van der Waals surface area contributed by atoms with E-state index in [-0.39, 0.29) is 0 Å². The molecule has 1 fully saturated rings. The van der Waals surface area contributed by atoms with E-state index in [0.717, 1.165) is 5.92 Å². The topological polar surface area (TPSA) is 12.5 Å². The molecule has 1 aliphatic heterocycles. The summed E-state index contributed by atoms with van der Waals surface area (Å²) in [5.74, 6) is 1.36. The Balaban J connectivity index is 2.20. The number of hydrogen-bond acceptors (Lipinski definition) is 1. The highest BCUT2D eigenvalue weighted by molar-refractivity contribution is 5.04. The van der Waals surface area contributed by atoms with Crippen molar-refractivity contribution >= 4 is 0 Å². The molecule has 0 aliphatic carbocycles. The Morgan fingerprint density at radius 3 is 2.62 bits per heavy atom. The van der Waals surface area contributed by atoms with Gasteiger partial charge in [0.15, 0.2) is 0 Å². The Hall–Kier alpha value is -0.560. The van der Waals surface area contributed by atoms with E-state index in [1.54, 1.807) is 0 Å². The van der Waals surface area contributed by atoms with Gasteiger partial charge in [0, 0.05) is 0 Å². The minimum atomic E-state index is 0.520. The van der Waals surface area contributed by atoms with E-state index in [9.17, 15) is 0 Å². The average Bonchev–Trinajstić information content (AvgIpc) is 2.98. The van der Waals surface area contributed by atoms with Crippen LogP contribution in [0.25, 0.3) is 0 Å². The zero-order chi connectivity index (χ0) is 12.0. The van der Waals surface area contributed by atoms with Crippen LogP contribution in [-0.4, -0.2) is 12.2 Å². The molecule has 1 rings (SSSR count). The van der Waals surface area contributed by atoms with Crippen molar-refractivity contribution in [2.24, 2.45) is 11.8 Å². The fraction of sp³-hybridized carbons (Fsp3) is 0.733. The predicted octanol–water partition coefficient (Wildman–Crippen LogP) is 4.35. The highest BCUT2D eigenvalue weighted by Crippen LogP contribution is 2.36. The first kappa shape index (κ1) is 13.5. The van der Waals surface area contributed by atoms with Crippen LogP contribution in [0.15, 0.2) is 24.3 Å². The lowest BCUT2D eigenvalue weighted by Gasteiger charge is -2.06. The van der Waals surface area contributed by atoms with Crippen molar-refractivity contribution in [3.05, 3.63) is 24.3 Å². The molecule has 0 amide bonds. The molecule has 16 heavy (non-hydrogen) atoms. The predicted molar refractivity (Wildman–Crippen MR) is 70.5 cm³/mol. The molecule has 4 atom stereocenters. The number of ether oxygens (including phenoxy) is 1. The molecule has 0 spiro atoms. The van der Waals surface area contributed by atoms with E-state index in [1.807, 2.05) is 6.92 Å². The summed E-state index contributed by atoms with van der Waals surface area (Å²) in [6.45, 7) is 8.87. The van der Waals surface area contributed by atoms with Crippen LogP contribution in [0.2, 0.25) is 0 Å². The molecule has 1 nitrogen and oxygen atoms in total. The Kier molecular flexibility index (Phi) is 5.83. The van der Waals surface area contributed by atoms with Crippen LogP contribution in [0.3, 0.4) is 0 Å². The SMILES string of the molecule is C/C=C\C=C\[C@@H](C)C[C@H]1O[C@@H]1[C@H](C)CCC. The van der Waals surface area contributed by atoms with E-state index in [1.165, 1.54) is 19.3 Å². The quantitative estimate of drug-likeness (QED) is 0.461. The van der Waals surface area contributed by atoms with Crippen molar-refractivity contribution in [1.29, 1.82) is 0 Å². The van der Waals surface area contributed by atoms with Crippen LogP contribution in [0, 0.1) is 11.8 Å². The summed E-state index contributed by atoms with van der Waals surface area (Å²) in [7, 11) is 0. The molecule has 1 saturated heterocycles. The summed E-state index contributed by atoms with van der Waals surface area (Å²) in [4.78, 5) is 0. The van der Waals surface area contributed by atoms with Crippen molar-refractivity contribution in [2.45, 2.75) is 59.2 Å². The van der Waals surface area contributed by atoms with Gasteiger partial charge < -0.3 is 4.74 Å². The highest BCUT2D eigenvalue weighted by Gasteiger charge is 2.42. The Morgan fingerprint density at radius 2 is 2.00 bits per heavy atom. The third kappa shape index (κ3) is 4.52. The van der Waals surface area contributed by atoms with E-state index >= 15 is 0 Å². The zero-order valence-electron chi connectivity index (χ0n) is 11.1. The number of hydrogen-bond donors (Lipinski definition) is 0. The molecule has 0 aromatic heterocycles. The molecule has 0 radical (unpaired) electrons. The zero-order valence-corrected chi connectivity index (χ0v) is 11.1. The standard InChI is InChI=1S/C15H26O/c1-5-7-8-10-12(3)11-14-15(16-14)13(4)9-6-2/h5,7-8,10,12-15H,6,9,11H2,1-4H3/b7-5-,10-8+/t12-,13-,14-,15-/m1/s1. The van der Waals surface area contributed by atoms with Gasteiger partial charge in [0.2, 0.25) is 0 Å². The Morgan fingerprint density at radius 1 is 1.25 bits per heavy atom. The number of rotatable bonds is 7. The highest BCUT2D eigenvalue weighted by atomic mass is 16.6. The first-order chi connectivity index (χ1) is 7.69. The summed E-state index contributed by atoms with van der Waals surface area (Å²) in [5.41, 5.74) is 0. The van der Waals surface area contributed by atoms with Gasteiger partial charge in [0.1, 0.15) is 0 Å². The van der Waals surface area contributed by atoms with E-state index in [0.29, 0.717) is 18.1 Å². The molecule has 1 aliphatic rings. The van der Waals surface area contributed by atoms with Crippen molar-refractivity contribution in [3.63, 3.8) is 0 Å². The monoisotopic (exact) mass is 222 g/mol. The van der Waals surface area contributed by atoms with Crippen LogP contribution in [0.4, 0.5) is 0 Å². The fourth-order valence-electron chi connectivity index (χ4n) is 2.28. The minimum absolute atomic E-state index is 0.520. The van der Waals surface area contributed by atoms with Gasteiger partial charge in [-0.1, -0.05) is 51.5 Å². The summed E-state index contributed by atoms with van der Waals surface area (Å²) in [5, 5.41) is 0. The third-order valence-corrected chi connectivity index (χ3v) is 3.27. The van der Waals surface area contributed by atoms with Gasteiger partial charge in [-0.05, 0) is 31.6 Å². The third-order valence-electron chi connectivity index (χ3n) is 3.27. The molecule has 0 saturated carbocycles. The molecule has 0 aromatic carbocycles. The van der Waals surface area contributed by atoms with Crippen LogP contribution in [0.5, 0.6) is 0 Å². The second kappa shape index (κ2) is 6.90.